The molecule has 0 aliphatic carbocycles. The van der Waals surface area contributed by atoms with Gasteiger partial charge in [0.15, 0.2) is 0 Å². The molecule has 0 fully saturated rings. The Bertz CT molecular complexity index is 609. The molecule has 0 aliphatic heterocycles. The molecular formula is C18H24N2O. The van der Waals surface area contributed by atoms with Crippen molar-refractivity contribution in [3.8, 4) is 0 Å². The Hall–Kier alpha value is -1.87. The summed E-state index contributed by atoms with van der Waals surface area (Å²) in [7, 11) is 1.82. The van der Waals surface area contributed by atoms with Gasteiger partial charge in [0.1, 0.15) is 0 Å². The van der Waals surface area contributed by atoms with E-state index in [0.29, 0.717) is 6.54 Å². The molecule has 1 amide bonds. The third-order valence-corrected chi connectivity index (χ3v) is 3.80. The minimum Gasteiger partial charge on any atom is -0.340 e. The van der Waals surface area contributed by atoms with Crippen molar-refractivity contribution in [3.63, 3.8) is 0 Å². The van der Waals surface area contributed by atoms with Crippen LogP contribution in [-0.2, 0) is 11.3 Å². The SMILES string of the molecule is CCCC[C@H](N)C(=O)N(C)Cc1ccc2ccccc2c1. The zero-order valence-corrected chi connectivity index (χ0v) is 12.9. The summed E-state index contributed by atoms with van der Waals surface area (Å²) in [5.74, 6) is 0.0246. The second-order valence-electron chi connectivity index (χ2n) is 5.62. The van der Waals surface area contributed by atoms with Gasteiger partial charge in [0.05, 0.1) is 6.04 Å². The number of carbonyl (C=O) groups is 1. The average molecular weight is 284 g/mol. The molecule has 0 spiro atoms. The first-order valence-electron chi connectivity index (χ1n) is 7.60. The molecule has 3 nitrogen and oxygen atoms in total. The van der Waals surface area contributed by atoms with E-state index in [0.717, 1.165) is 24.8 Å². The number of amides is 1. The number of rotatable bonds is 6. The number of carbonyl (C=O) groups excluding carboxylic acids is 1. The average Bonchev–Trinajstić information content (AvgIpc) is 2.51. The van der Waals surface area contributed by atoms with E-state index in [1.54, 1.807) is 4.90 Å². The van der Waals surface area contributed by atoms with E-state index in [4.69, 9.17) is 5.73 Å². The number of fused-ring (bicyclic) bond motifs is 1. The molecule has 0 aromatic heterocycles. The van der Waals surface area contributed by atoms with Gasteiger partial charge in [-0.3, -0.25) is 4.79 Å². The zero-order chi connectivity index (χ0) is 15.2. The summed E-state index contributed by atoms with van der Waals surface area (Å²) in [5.41, 5.74) is 7.09. The van der Waals surface area contributed by atoms with E-state index in [-0.39, 0.29) is 11.9 Å². The van der Waals surface area contributed by atoms with Crippen LogP contribution >= 0.6 is 0 Å². The van der Waals surface area contributed by atoms with Crippen LogP contribution in [0, 0.1) is 0 Å². The van der Waals surface area contributed by atoms with Gasteiger partial charge in [-0.1, -0.05) is 56.2 Å². The predicted octanol–water partition coefficient (Wildman–Crippen LogP) is 3.32. The lowest BCUT2D eigenvalue weighted by Crippen LogP contribution is -2.41. The Labute approximate surface area is 126 Å². The second-order valence-corrected chi connectivity index (χ2v) is 5.62. The molecule has 0 aliphatic rings. The standard InChI is InChI=1S/C18H24N2O/c1-3-4-9-17(19)18(21)20(2)13-14-10-11-15-7-5-6-8-16(15)12-14/h5-8,10-12,17H,3-4,9,13,19H2,1-2H3/t17-/m0/s1. The summed E-state index contributed by atoms with van der Waals surface area (Å²) in [6.07, 6.45) is 2.82. The number of hydrogen-bond acceptors (Lipinski definition) is 2. The predicted molar refractivity (Wildman–Crippen MR) is 87.9 cm³/mol. The molecule has 0 saturated carbocycles. The van der Waals surface area contributed by atoms with Gasteiger partial charge in [-0.25, -0.2) is 0 Å². The van der Waals surface area contributed by atoms with Crippen LogP contribution in [0.1, 0.15) is 31.7 Å². The van der Waals surface area contributed by atoms with Crippen molar-refractivity contribution < 1.29 is 4.79 Å². The molecule has 2 aromatic carbocycles. The molecule has 112 valence electrons. The van der Waals surface area contributed by atoms with Crippen molar-refractivity contribution in [1.82, 2.24) is 4.90 Å². The molecule has 0 saturated heterocycles. The Morgan fingerprint density at radius 1 is 1.19 bits per heavy atom. The van der Waals surface area contributed by atoms with Crippen molar-refractivity contribution in [2.75, 3.05) is 7.05 Å². The minimum absolute atomic E-state index is 0.0246. The molecule has 21 heavy (non-hydrogen) atoms. The van der Waals surface area contributed by atoms with Crippen molar-refractivity contribution in [2.24, 2.45) is 5.73 Å². The van der Waals surface area contributed by atoms with Crippen LogP contribution in [0.3, 0.4) is 0 Å². The van der Waals surface area contributed by atoms with Crippen molar-refractivity contribution in [1.29, 1.82) is 0 Å². The molecule has 0 heterocycles. The highest BCUT2D eigenvalue weighted by atomic mass is 16.2. The molecule has 0 bridgehead atoms. The number of nitrogens with two attached hydrogens (primary N) is 1. The highest BCUT2D eigenvalue weighted by Gasteiger charge is 2.17. The fourth-order valence-electron chi connectivity index (χ4n) is 2.52. The Morgan fingerprint density at radius 3 is 2.62 bits per heavy atom. The van der Waals surface area contributed by atoms with Gasteiger partial charge in [-0.15, -0.1) is 0 Å². The van der Waals surface area contributed by atoms with Crippen LogP contribution < -0.4 is 5.73 Å². The van der Waals surface area contributed by atoms with Gasteiger partial charge in [-0.2, -0.15) is 0 Å². The fraction of sp³-hybridized carbons (Fsp3) is 0.389. The van der Waals surface area contributed by atoms with E-state index >= 15 is 0 Å². The molecule has 1 atom stereocenters. The van der Waals surface area contributed by atoms with Gasteiger partial charge < -0.3 is 10.6 Å². The molecule has 3 heteroatoms. The third-order valence-electron chi connectivity index (χ3n) is 3.80. The van der Waals surface area contributed by atoms with Gasteiger partial charge in [0.25, 0.3) is 0 Å². The fourth-order valence-corrected chi connectivity index (χ4v) is 2.52. The second kappa shape index (κ2) is 7.23. The summed E-state index contributed by atoms with van der Waals surface area (Å²) in [5, 5.41) is 2.42. The summed E-state index contributed by atoms with van der Waals surface area (Å²) < 4.78 is 0. The molecule has 2 aromatic rings. The van der Waals surface area contributed by atoms with E-state index in [1.165, 1.54) is 10.8 Å². The van der Waals surface area contributed by atoms with E-state index in [1.807, 2.05) is 19.2 Å². The monoisotopic (exact) mass is 284 g/mol. The number of hydrogen-bond donors (Lipinski definition) is 1. The van der Waals surface area contributed by atoms with E-state index in [2.05, 4.69) is 37.3 Å². The molecular weight excluding hydrogens is 260 g/mol. The van der Waals surface area contributed by atoms with Gasteiger partial charge in [0.2, 0.25) is 5.91 Å². The van der Waals surface area contributed by atoms with Crippen LogP contribution in [0.4, 0.5) is 0 Å². The Morgan fingerprint density at radius 2 is 1.90 bits per heavy atom. The molecule has 0 unspecified atom stereocenters. The first-order chi connectivity index (χ1) is 10.1. The topological polar surface area (TPSA) is 46.3 Å². The maximum absolute atomic E-state index is 12.2. The normalized spacial score (nSPS) is 12.3. The Balaban J connectivity index is 2.03. The number of benzene rings is 2. The minimum atomic E-state index is -0.379. The lowest BCUT2D eigenvalue weighted by atomic mass is 10.1. The smallest absolute Gasteiger partial charge is 0.239 e. The third kappa shape index (κ3) is 4.05. The van der Waals surface area contributed by atoms with E-state index < -0.39 is 0 Å². The number of nitrogens with zero attached hydrogens (tertiary/aromatic N) is 1. The molecule has 2 rings (SSSR count). The molecule has 2 N–H and O–H groups in total. The first kappa shape index (κ1) is 15.5. The van der Waals surface area contributed by atoms with Crippen LogP contribution in [0.5, 0.6) is 0 Å². The summed E-state index contributed by atoms with van der Waals surface area (Å²) >= 11 is 0. The quantitative estimate of drug-likeness (QED) is 0.884. The lowest BCUT2D eigenvalue weighted by Gasteiger charge is -2.21. The van der Waals surface area contributed by atoms with Crippen molar-refractivity contribution >= 4 is 16.7 Å². The highest BCUT2D eigenvalue weighted by molar-refractivity contribution is 5.84. The van der Waals surface area contributed by atoms with Crippen LogP contribution in [-0.4, -0.2) is 23.9 Å². The molecule has 0 radical (unpaired) electrons. The van der Waals surface area contributed by atoms with Crippen molar-refractivity contribution in [3.05, 3.63) is 48.0 Å². The Kier molecular flexibility index (Phi) is 5.34. The van der Waals surface area contributed by atoms with Crippen LogP contribution in [0.15, 0.2) is 42.5 Å². The van der Waals surface area contributed by atoms with Gasteiger partial charge >= 0.3 is 0 Å². The van der Waals surface area contributed by atoms with Gasteiger partial charge in [-0.05, 0) is 28.8 Å². The largest absolute Gasteiger partial charge is 0.340 e. The van der Waals surface area contributed by atoms with Crippen LogP contribution in [0.25, 0.3) is 10.8 Å². The summed E-state index contributed by atoms with van der Waals surface area (Å²) in [6.45, 7) is 2.71. The zero-order valence-electron chi connectivity index (χ0n) is 12.9. The highest BCUT2D eigenvalue weighted by Crippen LogP contribution is 2.17. The number of likely N-dealkylation sites (N-methyl/N-ethyl adjacent to an activating group) is 1. The summed E-state index contributed by atoms with van der Waals surface area (Å²) in [6, 6.07) is 14.2. The lowest BCUT2D eigenvalue weighted by molar-refractivity contribution is -0.132. The van der Waals surface area contributed by atoms with Gasteiger partial charge in [0, 0.05) is 13.6 Å². The van der Waals surface area contributed by atoms with Crippen molar-refractivity contribution in [2.45, 2.75) is 38.8 Å². The first-order valence-corrected chi connectivity index (χ1v) is 7.60. The maximum atomic E-state index is 12.2. The summed E-state index contributed by atoms with van der Waals surface area (Å²) in [4.78, 5) is 13.9. The van der Waals surface area contributed by atoms with E-state index in [9.17, 15) is 4.79 Å². The number of unbranched alkanes of at least 4 members (excludes halogenated alkanes) is 1. The van der Waals surface area contributed by atoms with Crippen LogP contribution in [0.2, 0.25) is 0 Å². The maximum Gasteiger partial charge on any atom is 0.239 e.